The summed E-state index contributed by atoms with van der Waals surface area (Å²) < 4.78 is 23.1. The van der Waals surface area contributed by atoms with Crippen LogP contribution in [0, 0.1) is 0 Å². The maximum absolute atomic E-state index is 12.8. The number of carbonyl (C=O) groups is 1. The number of fused-ring (bicyclic) bond motifs is 1. The molecule has 1 aliphatic heterocycles. The van der Waals surface area contributed by atoms with Crippen LogP contribution in [0.1, 0.15) is 16.1 Å². The van der Waals surface area contributed by atoms with Gasteiger partial charge in [0.2, 0.25) is 0 Å². The zero-order valence-electron chi connectivity index (χ0n) is 17.3. The van der Waals surface area contributed by atoms with Crippen LogP contribution in [0.3, 0.4) is 0 Å². The molecule has 0 aliphatic carbocycles. The molecule has 1 saturated heterocycles. The SMILES string of the molecule is Cn1cc(-c2cnc3c(-c4csc(C(=O)N[C@H]5CCS(O)(O)C[C@H]5N)c4)cnn3c2)cn1. The Labute approximate surface area is 189 Å². The van der Waals surface area contributed by atoms with Crippen molar-refractivity contribution in [2.75, 3.05) is 11.5 Å². The summed E-state index contributed by atoms with van der Waals surface area (Å²) in [5, 5.41) is 13.5. The average molecular weight is 474 g/mol. The van der Waals surface area contributed by atoms with E-state index < -0.39 is 16.6 Å². The molecule has 0 saturated carbocycles. The molecule has 4 aromatic rings. The monoisotopic (exact) mass is 473 g/mol. The highest BCUT2D eigenvalue weighted by Crippen LogP contribution is 2.43. The van der Waals surface area contributed by atoms with Gasteiger partial charge in [-0.3, -0.25) is 18.6 Å². The van der Waals surface area contributed by atoms with E-state index in [1.54, 1.807) is 27.8 Å². The second-order valence-electron chi connectivity index (χ2n) is 7.98. The Morgan fingerprint density at radius 2 is 2.03 bits per heavy atom. The van der Waals surface area contributed by atoms with Crippen LogP contribution in [0.4, 0.5) is 0 Å². The zero-order chi connectivity index (χ0) is 22.5. The van der Waals surface area contributed by atoms with Gasteiger partial charge >= 0.3 is 0 Å². The number of aromatic nitrogens is 5. The summed E-state index contributed by atoms with van der Waals surface area (Å²) in [7, 11) is -0.764. The molecule has 12 heteroatoms. The Hall–Kier alpha value is -2.77. The van der Waals surface area contributed by atoms with Crippen molar-refractivity contribution in [3.05, 3.63) is 47.3 Å². The van der Waals surface area contributed by atoms with Gasteiger partial charge in [-0.25, -0.2) is 9.50 Å². The average Bonchev–Trinajstić information content (AvgIpc) is 3.48. The molecule has 5 heterocycles. The minimum atomic E-state index is -2.63. The maximum atomic E-state index is 12.8. The molecule has 168 valence electrons. The zero-order valence-corrected chi connectivity index (χ0v) is 18.9. The van der Waals surface area contributed by atoms with Gasteiger partial charge in [0.05, 0.1) is 23.0 Å². The number of aryl methyl sites for hydroxylation is 1. The minimum Gasteiger partial charge on any atom is -0.347 e. The van der Waals surface area contributed by atoms with Crippen LogP contribution in [0.5, 0.6) is 0 Å². The smallest absolute Gasteiger partial charge is 0.261 e. The number of hydrogen-bond acceptors (Lipinski definition) is 8. The van der Waals surface area contributed by atoms with E-state index in [0.717, 1.165) is 22.3 Å². The van der Waals surface area contributed by atoms with Gasteiger partial charge in [0, 0.05) is 60.2 Å². The molecule has 2 atom stereocenters. The largest absolute Gasteiger partial charge is 0.347 e. The number of amides is 1. The molecule has 1 aliphatic rings. The van der Waals surface area contributed by atoms with E-state index in [9.17, 15) is 13.9 Å². The van der Waals surface area contributed by atoms with Crippen molar-refractivity contribution in [2.24, 2.45) is 12.8 Å². The van der Waals surface area contributed by atoms with Gasteiger partial charge in [0.1, 0.15) is 0 Å². The van der Waals surface area contributed by atoms with Crippen LogP contribution in [-0.4, -0.2) is 63.0 Å². The first-order chi connectivity index (χ1) is 15.3. The van der Waals surface area contributed by atoms with Crippen molar-refractivity contribution in [3.63, 3.8) is 0 Å². The first kappa shape index (κ1) is 21.1. The van der Waals surface area contributed by atoms with E-state index in [4.69, 9.17) is 5.73 Å². The third-order valence-corrected chi connectivity index (χ3v) is 8.31. The standard InChI is InChI=1S/C20H23N7O3S2/c1-26-8-14(6-23-26)13-5-22-19-15(7-24-27(19)9-13)12-4-18(31-10-12)20(28)25-17-2-3-32(29,30)11-16(17)21/h4-10,16-17,29-30H,2-3,11,21H2,1H3,(H,25,28)/t16-,17+/m1/s1. The van der Waals surface area contributed by atoms with Crippen LogP contribution < -0.4 is 11.1 Å². The van der Waals surface area contributed by atoms with Gasteiger partial charge in [-0.05, 0) is 23.4 Å². The van der Waals surface area contributed by atoms with Crippen LogP contribution in [0.25, 0.3) is 27.9 Å². The van der Waals surface area contributed by atoms with Crippen molar-refractivity contribution in [1.29, 1.82) is 0 Å². The predicted molar refractivity (Wildman–Crippen MR) is 125 cm³/mol. The molecule has 32 heavy (non-hydrogen) atoms. The fourth-order valence-electron chi connectivity index (χ4n) is 3.85. The minimum absolute atomic E-state index is 0.114. The summed E-state index contributed by atoms with van der Waals surface area (Å²) in [6.07, 6.45) is 9.56. The van der Waals surface area contributed by atoms with E-state index >= 15 is 0 Å². The lowest BCUT2D eigenvalue weighted by atomic mass is 10.1. The van der Waals surface area contributed by atoms with E-state index in [-0.39, 0.29) is 23.5 Å². The first-order valence-electron chi connectivity index (χ1n) is 10.0. The maximum Gasteiger partial charge on any atom is 0.261 e. The van der Waals surface area contributed by atoms with E-state index in [0.29, 0.717) is 16.9 Å². The van der Waals surface area contributed by atoms with Crippen molar-refractivity contribution >= 4 is 33.5 Å². The lowest BCUT2D eigenvalue weighted by Gasteiger charge is -2.42. The lowest BCUT2D eigenvalue weighted by Crippen LogP contribution is -2.53. The third-order valence-electron chi connectivity index (χ3n) is 5.58. The number of rotatable bonds is 4. The number of hydrogen-bond donors (Lipinski definition) is 4. The topological polar surface area (TPSA) is 144 Å². The van der Waals surface area contributed by atoms with Gasteiger partial charge < -0.3 is 11.1 Å². The summed E-state index contributed by atoms with van der Waals surface area (Å²) in [6, 6.07) is 1.06. The van der Waals surface area contributed by atoms with Crippen molar-refractivity contribution in [2.45, 2.75) is 18.5 Å². The normalized spacial score (nSPS) is 21.5. The number of thiophene rings is 1. The van der Waals surface area contributed by atoms with Crippen molar-refractivity contribution in [3.8, 4) is 22.3 Å². The van der Waals surface area contributed by atoms with Gasteiger partial charge in [0.25, 0.3) is 5.91 Å². The second kappa shape index (κ2) is 7.98. The summed E-state index contributed by atoms with van der Waals surface area (Å²) in [5.41, 5.74) is 10.3. The molecule has 0 aromatic carbocycles. The van der Waals surface area contributed by atoms with Gasteiger partial charge in [-0.1, -0.05) is 0 Å². The Kier molecular flexibility index (Phi) is 5.26. The Morgan fingerprint density at radius 1 is 1.22 bits per heavy atom. The van der Waals surface area contributed by atoms with Gasteiger partial charge in [0.15, 0.2) is 5.65 Å². The van der Waals surface area contributed by atoms with E-state index in [2.05, 4.69) is 20.5 Å². The highest BCUT2D eigenvalue weighted by Gasteiger charge is 2.32. The molecule has 1 fully saturated rings. The summed E-state index contributed by atoms with van der Waals surface area (Å²) in [5.74, 6) is 0.155. The molecule has 0 radical (unpaired) electrons. The number of nitrogens with one attached hydrogen (secondary N) is 1. The van der Waals surface area contributed by atoms with Crippen LogP contribution in [0.15, 0.2) is 42.4 Å². The Bertz CT molecular complexity index is 1300. The summed E-state index contributed by atoms with van der Waals surface area (Å²) in [6.45, 7) is 0. The molecule has 0 unspecified atom stereocenters. The van der Waals surface area contributed by atoms with Crippen LogP contribution in [0.2, 0.25) is 0 Å². The molecule has 10 nitrogen and oxygen atoms in total. The Balaban J connectivity index is 1.34. The first-order valence-corrected chi connectivity index (χ1v) is 12.8. The van der Waals surface area contributed by atoms with E-state index in [1.165, 1.54) is 11.3 Å². The number of nitrogens with zero attached hydrogens (tertiary/aromatic N) is 5. The summed E-state index contributed by atoms with van der Waals surface area (Å²) >= 11 is 1.33. The summed E-state index contributed by atoms with van der Waals surface area (Å²) in [4.78, 5) is 17.9. The number of carbonyl (C=O) groups excluding carboxylic acids is 1. The molecule has 5 N–H and O–H groups in total. The molecular weight excluding hydrogens is 450 g/mol. The molecule has 0 bridgehead atoms. The highest BCUT2D eigenvalue weighted by atomic mass is 32.3. The van der Waals surface area contributed by atoms with Crippen molar-refractivity contribution in [1.82, 2.24) is 29.7 Å². The van der Waals surface area contributed by atoms with Crippen LogP contribution in [-0.2, 0) is 7.05 Å². The molecular formula is C20H23N7O3S2. The van der Waals surface area contributed by atoms with Gasteiger partial charge in [-0.2, -0.15) is 20.8 Å². The Morgan fingerprint density at radius 3 is 2.78 bits per heavy atom. The lowest BCUT2D eigenvalue weighted by molar-refractivity contribution is 0.0933. The quantitative estimate of drug-likeness (QED) is 0.356. The highest BCUT2D eigenvalue weighted by molar-refractivity contribution is 8.24. The third kappa shape index (κ3) is 4.02. The fraction of sp³-hybridized carbons (Fsp3) is 0.300. The number of nitrogens with two attached hydrogens (primary N) is 1. The molecule has 0 spiro atoms. The predicted octanol–water partition coefficient (Wildman–Crippen LogP) is 2.44. The molecule has 4 aromatic heterocycles. The molecule has 5 rings (SSSR count). The van der Waals surface area contributed by atoms with E-state index in [1.807, 2.05) is 30.9 Å². The van der Waals surface area contributed by atoms with Crippen molar-refractivity contribution < 1.29 is 13.9 Å². The van der Waals surface area contributed by atoms with Gasteiger partial charge in [-0.15, -0.1) is 11.3 Å². The second-order valence-corrected chi connectivity index (χ2v) is 11.2. The molecule has 1 amide bonds. The van der Waals surface area contributed by atoms with Crippen LogP contribution >= 0.6 is 21.9 Å². The fourth-order valence-corrected chi connectivity index (χ4v) is 6.31.